The molecule has 1 aromatic rings. The van der Waals surface area contributed by atoms with Crippen molar-refractivity contribution in [1.82, 2.24) is 15.4 Å². The fourth-order valence-corrected chi connectivity index (χ4v) is 2.07. The summed E-state index contributed by atoms with van der Waals surface area (Å²) in [6.45, 7) is 7.33. The first-order chi connectivity index (χ1) is 7.88. The van der Waals surface area contributed by atoms with Crippen LogP contribution in [0, 0.1) is 0 Å². The topological polar surface area (TPSA) is 41.3 Å². The van der Waals surface area contributed by atoms with Crippen molar-refractivity contribution in [2.24, 2.45) is 0 Å². The van der Waals surface area contributed by atoms with Crippen LogP contribution in [0.5, 0.6) is 0 Å². The fraction of sp³-hybridized carbons (Fsp3) is 0.750. The number of nitrogens with zero attached hydrogens (tertiary/aromatic N) is 2. The molecule has 0 saturated carbocycles. The van der Waals surface area contributed by atoms with Gasteiger partial charge >= 0.3 is 0 Å². The molecule has 0 radical (unpaired) electrons. The lowest BCUT2D eigenvalue weighted by molar-refractivity contribution is 0.273. The van der Waals surface area contributed by atoms with E-state index in [4.69, 9.17) is 4.52 Å². The van der Waals surface area contributed by atoms with E-state index < -0.39 is 0 Å². The van der Waals surface area contributed by atoms with Crippen molar-refractivity contribution >= 4 is 0 Å². The molecule has 0 unspecified atom stereocenters. The van der Waals surface area contributed by atoms with E-state index >= 15 is 0 Å². The van der Waals surface area contributed by atoms with Gasteiger partial charge in [-0.3, -0.25) is 4.90 Å². The van der Waals surface area contributed by atoms with Crippen LogP contribution in [0.15, 0.2) is 10.6 Å². The van der Waals surface area contributed by atoms with Crippen LogP contribution >= 0.6 is 0 Å². The van der Waals surface area contributed by atoms with E-state index in [1.165, 1.54) is 25.9 Å². The van der Waals surface area contributed by atoms with Gasteiger partial charge in [-0.15, -0.1) is 0 Å². The lowest BCUT2D eigenvalue weighted by atomic mass is 10.3. The maximum atomic E-state index is 5.33. The number of likely N-dealkylation sites (tertiary alicyclic amines) is 1. The Morgan fingerprint density at radius 3 is 3.00 bits per heavy atom. The Balaban J connectivity index is 1.77. The summed E-state index contributed by atoms with van der Waals surface area (Å²) >= 11 is 0. The molecule has 1 N–H and O–H groups in total. The van der Waals surface area contributed by atoms with E-state index in [1.807, 2.05) is 0 Å². The Kier molecular flexibility index (Phi) is 4.36. The summed E-state index contributed by atoms with van der Waals surface area (Å²) in [7, 11) is 0. The van der Waals surface area contributed by atoms with Gasteiger partial charge in [0.25, 0.3) is 0 Å². The summed E-state index contributed by atoms with van der Waals surface area (Å²) in [6.07, 6.45) is 3.79. The highest BCUT2D eigenvalue weighted by atomic mass is 16.5. The van der Waals surface area contributed by atoms with Gasteiger partial charge in [-0.1, -0.05) is 12.1 Å². The van der Waals surface area contributed by atoms with E-state index in [0.717, 1.165) is 37.5 Å². The van der Waals surface area contributed by atoms with E-state index in [1.54, 1.807) is 0 Å². The third-order valence-corrected chi connectivity index (χ3v) is 2.92. The van der Waals surface area contributed by atoms with Crippen LogP contribution in [-0.2, 0) is 13.1 Å². The third-order valence-electron chi connectivity index (χ3n) is 2.92. The molecule has 16 heavy (non-hydrogen) atoms. The molecule has 1 aromatic heterocycles. The molecular formula is C12H21N3O. The minimum atomic E-state index is 0.817. The Bertz CT molecular complexity index is 305. The molecule has 1 aliphatic heterocycles. The van der Waals surface area contributed by atoms with Crippen LogP contribution in [0.1, 0.15) is 37.6 Å². The lowest BCUT2D eigenvalue weighted by Gasteiger charge is -2.10. The zero-order valence-corrected chi connectivity index (χ0v) is 10.0. The molecule has 1 aliphatic rings. The van der Waals surface area contributed by atoms with Crippen LogP contribution in [0.2, 0.25) is 0 Å². The molecular weight excluding hydrogens is 202 g/mol. The highest BCUT2D eigenvalue weighted by Crippen LogP contribution is 2.13. The van der Waals surface area contributed by atoms with Crippen molar-refractivity contribution in [3.63, 3.8) is 0 Å². The van der Waals surface area contributed by atoms with Gasteiger partial charge in [0.2, 0.25) is 0 Å². The van der Waals surface area contributed by atoms with E-state index in [0.29, 0.717) is 0 Å². The second-order valence-corrected chi connectivity index (χ2v) is 4.44. The first-order valence-electron chi connectivity index (χ1n) is 6.26. The monoisotopic (exact) mass is 223 g/mol. The van der Waals surface area contributed by atoms with E-state index in [-0.39, 0.29) is 0 Å². The molecule has 2 rings (SSSR count). The summed E-state index contributed by atoms with van der Waals surface area (Å²) < 4.78 is 5.33. The van der Waals surface area contributed by atoms with Gasteiger partial charge in [0, 0.05) is 12.6 Å². The average Bonchev–Trinajstić information content (AvgIpc) is 2.91. The number of rotatable bonds is 6. The summed E-state index contributed by atoms with van der Waals surface area (Å²) in [5, 5.41) is 7.39. The predicted molar refractivity (Wildman–Crippen MR) is 63.0 cm³/mol. The standard InChI is InChI=1S/C12H21N3O/c1-2-5-13-9-11-8-12(16-14-11)10-15-6-3-4-7-15/h8,13H,2-7,9-10H2,1H3. The molecule has 0 bridgehead atoms. The van der Waals surface area contributed by atoms with Crippen LogP contribution in [0.25, 0.3) is 0 Å². The van der Waals surface area contributed by atoms with Crippen LogP contribution in [0.3, 0.4) is 0 Å². The van der Waals surface area contributed by atoms with Crippen LogP contribution in [-0.4, -0.2) is 29.7 Å². The largest absolute Gasteiger partial charge is 0.360 e. The molecule has 0 spiro atoms. The van der Waals surface area contributed by atoms with Crippen molar-refractivity contribution in [2.75, 3.05) is 19.6 Å². The number of nitrogens with one attached hydrogen (secondary N) is 1. The Morgan fingerprint density at radius 1 is 1.44 bits per heavy atom. The molecule has 4 heteroatoms. The minimum absolute atomic E-state index is 0.817. The molecule has 0 atom stereocenters. The Hall–Kier alpha value is -0.870. The third kappa shape index (κ3) is 3.32. The molecule has 1 saturated heterocycles. The summed E-state index contributed by atoms with van der Waals surface area (Å²) in [6, 6.07) is 2.07. The molecule has 0 aliphatic carbocycles. The Labute approximate surface area is 97.0 Å². The zero-order valence-electron chi connectivity index (χ0n) is 10.0. The van der Waals surface area contributed by atoms with Crippen molar-refractivity contribution in [1.29, 1.82) is 0 Å². The van der Waals surface area contributed by atoms with Gasteiger partial charge in [-0.25, -0.2) is 0 Å². The summed E-state index contributed by atoms with van der Waals surface area (Å²) in [4.78, 5) is 2.42. The highest BCUT2D eigenvalue weighted by molar-refractivity contribution is 5.05. The van der Waals surface area contributed by atoms with Gasteiger partial charge in [0.1, 0.15) is 0 Å². The predicted octanol–water partition coefficient (Wildman–Crippen LogP) is 1.77. The lowest BCUT2D eigenvalue weighted by Crippen LogP contribution is -2.17. The van der Waals surface area contributed by atoms with Gasteiger partial charge < -0.3 is 9.84 Å². The van der Waals surface area contributed by atoms with E-state index in [9.17, 15) is 0 Å². The average molecular weight is 223 g/mol. The fourth-order valence-electron chi connectivity index (χ4n) is 2.07. The smallest absolute Gasteiger partial charge is 0.151 e. The first kappa shape index (κ1) is 11.6. The number of hydrogen-bond acceptors (Lipinski definition) is 4. The quantitative estimate of drug-likeness (QED) is 0.746. The van der Waals surface area contributed by atoms with Crippen LogP contribution < -0.4 is 5.32 Å². The summed E-state index contributed by atoms with van der Waals surface area (Å²) in [5.74, 6) is 0.996. The molecule has 2 heterocycles. The highest BCUT2D eigenvalue weighted by Gasteiger charge is 2.14. The van der Waals surface area contributed by atoms with Crippen LogP contribution in [0.4, 0.5) is 0 Å². The van der Waals surface area contributed by atoms with E-state index in [2.05, 4.69) is 28.4 Å². The maximum absolute atomic E-state index is 5.33. The van der Waals surface area contributed by atoms with Crippen molar-refractivity contribution in [3.05, 3.63) is 17.5 Å². The summed E-state index contributed by atoms with van der Waals surface area (Å²) in [5.41, 5.74) is 1.02. The molecule has 0 amide bonds. The first-order valence-corrected chi connectivity index (χ1v) is 6.26. The molecule has 1 fully saturated rings. The number of aromatic nitrogens is 1. The van der Waals surface area contributed by atoms with Gasteiger partial charge in [-0.2, -0.15) is 0 Å². The minimum Gasteiger partial charge on any atom is -0.360 e. The molecule has 0 aromatic carbocycles. The normalized spacial score (nSPS) is 17.1. The number of hydrogen-bond donors (Lipinski definition) is 1. The second-order valence-electron chi connectivity index (χ2n) is 4.44. The van der Waals surface area contributed by atoms with Gasteiger partial charge in [0.05, 0.1) is 12.2 Å². The Morgan fingerprint density at radius 2 is 2.25 bits per heavy atom. The SMILES string of the molecule is CCCNCc1cc(CN2CCCC2)on1. The van der Waals surface area contributed by atoms with Gasteiger partial charge in [0.15, 0.2) is 5.76 Å². The van der Waals surface area contributed by atoms with Crippen molar-refractivity contribution in [3.8, 4) is 0 Å². The van der Waals surface area contributed by atoms with Gasteiger partial charge in [-0.05, 0) is 38.9 Å². The van der Waals surface area contributed by atoms with Crippen molar-refractivity contribution in [2.45, 2.75) is 39.3 Å². The second kappa shape index (κ2) is 6.01. The maximum Gasteiger partial charge on any atom is 0.151 e. The molecule has 4 nitrogen and oxygen atoms in total. The van der Waals surface area contributed by atoms with Crippen molar-refractivity contribution < 1.29 is 4.52 Å². The molecule has 90 valence electrons. The zero-order chi connectivity index (χ0) is 11.2.